The Morgan fingerprint density at radius 1 is 1.15 bits per heavy atom. The molecule has 0 bridgehead atoms. The van der Waals surface area contributed by atoms with Crippen molar-refractivity contribution in [3.8, 4) is 10.8 Å². The summed E-state index contributed by atoms with van der Waals surface area (Å²) < 4.78 is 5.61. The first-order chi connectivity index (χ1) is 13.2. The van der Waals surface area contributed by atoms with Gasteiger partial charge < -0.3 is 9.32 Å². The van der Waals surface area contributed by atoms with Crippen LogP contribution in [0, 0.1) is 0 Å². The molecule has 0 unspecified atom stereocenters. The highest BCUT2D eigenvalue weighted by Gasteiger charge is 2.22. The lowest BCUT2D eigenvalue weighted by atomic mass is 10.2. The highest BCUT2D eigenvalue weighted by molar-refractivity contribution is 7.13. The summed E-state index contributed by atoms with van der Waals surface area (Å²) in [4.78, 5) is 22.6. The van der Waals surface area contributed by atoms with Gasteiger partial charge in [0.15, 0.2) is 0 Å². The highest BCUT2D eigenvalue weighted by Crippen LogP contribution is 2.24. The Hall–Kier alpha value is -2.15. The lowest BCUT2D eigenvalue weighted by Crippen LogP contribution is -2.35. The van der Waals surface area contributed by atoms with Crippen molar-refractivity contribution in [1.29, 1.82) is 0 Å². The molecule has 140 valence electrons. The highest BCUT2D eigenvalue weighted by atomic mass is 35.5. The smallest absolute Gasteiger partial charge is 0.255 e. The molecule has 27 heavy (non-hydrogen) atoms. The van der Waals surface area contributed by atoms with Gasteiger partial charge in [-0.3, -0.25) is 9.69 Å². The van der Waals surface area contributed by atoms with Gasteiger partial charge in [0.2, 0.25) is 5.89 Å². The number of amides is 1. The van der Waals surface area contributed by atoms with Gasteiger partial charge in [0.05, 0.1) is 21.2 Å². The molecular formula is C20H20ClN3O2S. The van der Waals surface area contributed by atoms with Crippen molar-refractivity contribution >= 4 is 28.8 Å². The number of hydrogen-bond acceptors (Lipinski definition) is 5. The van der Waals surface area contributed by atoms with Gasteiger partial charge in [0.25, 0.3) is 5.91 Å². The predicted octanol–water partition coefficient (Wildman–Crippen LogP) is 4.40. The minimum atomic E-state index is 0.00358. The van der Waals surface area contributed by atoms with Gasteiger partial charge in [0.1, 0.15) is 6.26 Å². The van der Waals surface area contributed by atoms with Crippen LogP contribution in [0.15, 0.2) is 52.5 Å². The second kappa shape index (κ2) is 8.25. The van der Waals surface area contributed by atoms with Crippen LogP contribution in [-0.2, 0) is 6.54 Å². The monoisotopic (exact) mass is 401 g/mol. The van der Waals surface area contributed by atoms with Crippen LogP contribution >= 0.6 is 22.9 Å². The molecule has 1 aliphatic heterocycles. The normalized spacial score (nSPS) is 15.7. The average molecular weight is 402 g/mol. The van der Waals surface area contributed by atoms with Gasteiger partial charge in [-0.25, -0.2) is 4.98 Å². The molecule has 1 aromatic carbocycles. The van der Waals surface area contributed by atoms with E-state index in [2.05, 4.69) is 9.88 Å². The Kier molecular flexibility index (Phi) is 5.57. The van der Waals surface area contributed by atoms with E-state index in [9.17, 15) is 4.79 Å². The van der Waals surface area contributed by atoms with Crippen LogP contribution in [0.4, 0.5) is 0 Å². The molecule has 0 aliphatic carbocycles. The minimum Gasteiger partial charge on any atom is -0.444 e. The number of hydrogen-bond donors (Lipinski definition) is 0. The van der Waals surface area contributed by atoms with Crippen molar-refractivity contribution in [2.75, 3.05) is 26.2 Å². The summed E-state index contributed by atoms with van der Waals surface area (Å²) in [6, 6.07) is 11.2. The molecule has 4 rings (SSSR count). The van der Waals surface area contributed by atoms with Crippen LogP contribution in [0.3, 0.4) is 0 Å². The number of benzene rings is 1. The summed E-state index contributed by atoms with van der Waals surface area (Å²) in [6.45, 7) is 3.87. The van der Waals surface area contributed by atoms with Crippen LogP contribution in [0.1, 0.15) is 22.5 Å². The number of aromatic nitrogens is 1. The minimum absolute atomic E-state index is 0.00358. The standard InChI is InChI=1S/C20H20ClN3O2S/c21-17-6-2-1-5-16(17)20(25)24-9-4-8-23(10-11-24)13-15-14-26-19(22-15)18-7-3-12-27-18/h1-3,5-7,12,14H,4,8-11,13H2. The van der Waals surface area contributed by atoms with Crippen LogP contribution < -0.4 is 0 Å². The second-order valence-electron chi connectivity index (χ2n) is 6.52. The number of nitrogens with zero attached hydrogens (tertiary/aromatic N) is 3. The van der Waals surface area contributed by atoms with Gasteiger partial charge in [-0.2, -0.15) is 0 Å². The fraction of sp³-hybridized carbons (Fsp3) is 0.300. The summed E-state index contributed by atoms with van der Waals surface area (Å²) in [6.07, 6.45) is 2.65. The lowest BCUT2D eigenvalue weighted by molar-refractivity contribution is 0.0761. The third kappa shape index (κ3) is 4.24. The molecule has 5 nitrogen and oxygen atoms in total. The first-order valence-electron chi connectivity index (χ1n) is 8.95. The maximum absolute atomic E-state index is 12.8. The molecule has 0 atom stereocenters. The molecule has 1 amide bonds. The summed E-state index contributed by atoms with van der Waals surface area (Å²) in [5.41, 5.74) is 1.49. The van der Waals surface area contributed by atoms with Gasteiger partial charge in [-0.1, -0.05) is 29.8 Å². The lowest BCUT2D eigenvalue weighted by Gasteiger charge is -2.22. The quantitative estimate of drug-likeness (QED) is 0.650. The summed E-state index contributed by atoms with van der Waals surface area (Å²) in [5, 5.41) is 2.52. The van der Waals surface area contributed by atoms with E-state index in [-0.39, 0.29) is 5.91 Å². The molecule has 2 aromatic heterocycles. The molecule has 1 aliphatic rings. The molecule has 0 N–H and O–H groups in total. The number of rotatable bonds is 4. The first kappa shape index (κ1) is 18.2. The zero-order chi connectivity index (χ0) is 18.6. The van der Waals surface area contributed by atoms with E-state index in [4.69, 9.17) is 16.0 Å². The topological polar surface area (TPSA) is 49.6 Å². The predicted molar refractivity (Wildman–Crippen MR) is 107 cm³/mol. The van der Waals surface area contributed by atoms with Crippen molar-refractivity contribution < 1.29 is 9.21 Å². The number of thiophene rings is 1. The fourth-order valence-electron chi connectivity index (χ4n) is 3.26. The molecule has 3 aromatic rings. The number of carbonyl (C=O) groups excluding carboxylic acids is 1. The van der Waals surface area contributed by atoms with E-state index < -0.39 is 0 Å². The summed E-state index contributed by atoms with van der Waals surface area (Å²) >= 11 is 7.80. The van der Waals surface area contributed by atoms with E-state index in [1.165, 1.54) is 0 Å². The number of oxazole rings is 1. The SMILES string of the molecule is O=C(c1ccccc1Cl)N1CCCN(Cc2coc(-c3cccs3)n2)CC1. The van der Waals surface area contributed by atoms with Crippen molar-refractivity contribution in [1.82, 2.24) is 14.8 Å². The van der Waals surface area contributed by atoms with E-state index in [0.29, 0.717) is 23.0 Å². The largest absolute Gasteiger partial charge is 0.444 e. The third-order valence-electron chi connectivity index (χ3n) is 4.65. The van der Waals surface area contributed by atoms with E-state index >= 15 is 0 Å². The Bertz CT molecular complexity index is 910. The van der Waals surface area contributed by atoms with Gasteiger partial charge in [0, 0.05) is 32.7 Å². The van der Waals surface area contributed by atoms with Crippen LogP contribution in [-0.4, -0.2) is 46.9 Å². The van der Waals surface area contributed by atoms with Crippen molar-refractivity contribution in [2.24, 2.45) is 0 Å². The Morgan fingerprint density at radius 2 is 2.04 bits per heavy atom. The zero-order valence-corrected chi connectivity index (χ0v) is 16.4. The molecule has 3 heterocycles. The second-order valence-corrected chi connectivity index (χ2v) is 7.88. The van der Waals surface area contributed by atoms with Crippen LogP contribution in [0.25, 0.3) is 10.8 Å². The average Bonchev–Trinajstić information content (AvgIpc) is 3.30. The first-order valence-corrected chi connectivity index (χ1v) is 10.2. The number of halogens is 1. The van der Waals surface area contributed by atoms with Gasteiger partial charge in [-0.15, -0.1) is 11.3 Å². The summed E-state index contributed by atoms with van der Waals surface area (Å²) in [5.74, 6) is 0.675. The van der Waals surface area contributed by atoms with E-state index in [0.717, 1.165) is 43.2 Å². The Balaban J connectivity index is 1.37. The molecular weight excluding hydrogens is 382 g/mol. The summed E-state index contributed by atoms with van der Waals surface area (Å²) in [7, 11) is 0. The molecule has 0 spiro atoms. The van der Waals surface area contributed by atoms with Crippen LogP contribution in [0.2, 0.25) is 5.02 Å². The molecule has 0 radical (unpaired) electrons. The maximum Gasteiger partial charge on any atom is 0.255 e. The van der Waals surface area contributed by atoms with Crippen LogP contribution in [0.5, 0.6) is 0 Å². The van der Waals surface area contributed by atoms with E-state index in [1.807, 2.05) is 34.5 Å². The molecule has 0 saturated carbocycles. The molecule has 7 heteroatoms. The van der Waals surface area contributed by atoms with Crippen molar-refractivity contribution in [3.05, 3.63) is 64.3 Å². The third-order valence-corrected chi connectivity index (χ3v) is 5.84. The van der Waals surface area contributed by atoms with Crippen molar-refractivity contribution in [2.45, 2.75) is 13.0 Å². The maximum atomic E-state index is 12.8. The molecule has 1 fully saturated rings. The van der Waals surface area contributed by atoms with Gasteiger partial charge >= 0.3 is 0 Å². The number of carbonyl (C=O) groups is 1. The molecule has 1 saturated heterocycles. The zero-order valence-electron chi connectivity index (χ0n) is 14.8. The Labute approximate surface area is 167 Å². The fourth-order valence-corrected chi connectivity index (χ4v) is 4.13. The Morgan fingerprint density at radius 3 is 2.85 bits per heavy atom. The van der Waals surface area contributed by atoms with Gasteiger partial charge in [-0.05, 0) is 30.0 Å². The van der Waals surface area contributed by atoms with E-state index in [1.54, 1.807) is 29.7 Å². The van der Waals surface area contributed by atoms with Crippen molar-refractivity contribution in [3.63, 3.8) is 0 Å².